The average molecular weight is 304 g/mol. The van der Waals surface area contributed by atoms with Gasteiger partial charge in [-0.05, 0) is 36.2 Å². The third-order valence-corrected chi connectivity index (χ3v) is 3.65. The number of halogens is 1. The van der Waals surface area contributed by atoms with Crippen molar-refractivity contribution in [3.05, 3.63) is 53.1 Å². The van der Waals surface area contributed by atoms with E-state index in [1.165, 1.54) is 0 Å². The standard InChI is InChI=1S/C17H18ClNO2/c1-2-9-20-14-6-3-12(4-7-14)17-11-19-15-8-5-13(18)10-16(15)21-17/h3-8,10,17,19H,2,9,11H2,1H3. The Bertz CT molecular complexity index is 613. The molecule has 1 atom stereocenters. The molecule has 1 aliphatic rings. The van der Waals surface area contributed by atoms with E-state index in [-0.39, 0.29) is 6.10 Å². The van der Waals surface area contributed by atoms with Gasteiger partial charge in [0.15, 0.2) is 0 Å². The highest BCUT2D eigenvalue weighted by atomic mass is 35.5. The van der Waals surface area contributed by atoms with E-state index in [0.29, 0.717) is 5.02 Å². The van der Waals surface area contributed by atoms with Crippen molar-refractivity contribution in [1.29, 1.82) is 0 Å². The Hall–Kier alpha value is -1.87. The molecule has 2 aromatic rings. The maximum atomic E-state index is 6.03. The molecule has 0 fully saturated rings. The van der Waals surface area contributed by atoms with E-state index in [1.54, 1.807) is 0 Å². The van der Waals surface area contributed by atoms with Crippen LogP contribution in [-0.2, 0) is 0 Å². The minimum Gasteiger partial charge on any atom is -0.494 e. The van der Waals surface area contributed by atoms with Crippen molar-refractivity contribution < 1.29 is 9.47 Å². The van der Waals surface area contributed by atoms with Gasteiger partial charge in [0.25, 0.3) is 0 Å². The van der Waals surface area contributed by atoms with Crippen LogP contribution in [0.4, 0.5) is 5.69 Å². The third-order valence-electron chi connectivity index (χ3n) is 3.42. The normalized spacial score (nSPS) is 16.6. The molecule has 110 valence electrons. The van der Waals surface area contributed by atoms with Gasteiger partial charge in [0.05, 0.1) is 18.8 Å². The highest BCUT2D eigenvalue weighted by molar-refractivity contribution is 6.30. The molecule has 0 amide bonds. The molecule has 0 aromatic heterocycles. The first kappa shape index (κ1) is 14.1. The molecule has 0 spiro atoms. The van der Waals surface area contributed by atoms with E-state index in [9.17, 15) is 0 Å². The number of fused-ring (bicyclic) bond motifs is 1. The highest BCUT2D eigenvalue weighted by Crippen LogP contribution is 2.36. The molecule has 0 bridgehead atoms. The zero-order chi connectivity index (χ0) is 14.7. The lowest BCUT2D eigenvalue weighted by Gasteiger charge is -2.27. The summed E-state index contributed by atoms with van der Waals surface area (Å²) in [5.41, 5.74) is 2.11. The second-order valence-electron chi connectivity index (χ2n) is 5.05. The lowest BCUT2D eigenvalue weighted by molar-refractivity contribution is 0.210. The number of rotatable bonds is 4. The maximum absolute atomic E-state index is 6.03. The van der Waals surface area contributed by atoms with Crippen molar-refractivity contribution >= 4 is 17.3 Å². The number of anilines is 1. The zero-order valence-corrected chi connectivity index (χ0v) is 12.7. The summed E-state index contributed by atoms with van der Waals surface area (Å²) < 4.78 is 11.6. The summed E-state index contributed by atoms with van der Waals surface area (Å²) in [4.78, 5) is 0. The van der Waals surface area contributed by atoms with Gasteiger partial charge in [0.1, 0.15) is 17.6 Å². The van der Waals surface area contributed by atoms with Gasteiger partial charge in [0.2, 0.25) is 0 Å². The summed E-state index contributed by atoms with van der Waals surface area (Å²) in [5.74, 6) is 1.69. The van der Waals surface area contributed by atoms with Gasteiger partial charge in [-0.3, -0.25) is 0 Å². The third kappa shape index (κ3) is 3.24. The van der Waals surface area contributed by atoms with Crippen molar-refractivity contribution in [3.8, 4) is 11.5 Å². The van der Waals surface area contributed by atoms with E-state index >= 15 is 0 Å². The second-order valence-corrected chi connectivity index (χ2v) is 5.48. The van der Waals surface area contributed by atoms with Gasteiger partial charge in [-0.2, -0.15) is 0 Å². The van der Waals surface area contributed by atoms with E-state index in [2.05, 4.69) is 12.2 Å². The second kappa shape index (κ2) is 6.27. The summed E-state index contributed by atoms with van der Waals surface area (Å²) in [5, 5.41) is 4.05. The average Bonchev–Trinajstić information content (AvgIpc) is 2.52. The van der Waals surface area contributed by atoms with Gasteiger partial charge in [-0.15, -0.1) is 0 Å². The van der Waals surface area contributed by atoms with Crippen LogP contribution in [0.5, 0.6) is 11.5 Å². The number of hydrogen-bond acceptors (Lipinski definition) is 3. The van der Waals surface area contributed by atoms with Crippen LogP contribution in [0.25, 0.3) is 0 Å². The number of nitrogens with one attached hydrogen (secondary N) is 1. The van der Waals surface area contributed by atoms with Crippen LogP contribution in [0.15, 0.2) is 42.5 Å². The van der Waals surface area contributed by atoms with Crippen LogP contribution in [0.3, 0.4) is 0 Å². The fraction of sp³-hybridized carbons (Fsp3) is 0.294. The van der Waals surface area contributed by atoms with Crippen LogP contribution < -0.4 is 14.8 Å². The predicted molar refractivity (Wildman–Crippen MR) is 85.5 cm³/mol. The Labute approximate surface area is 129 Å². The fourth-order valence-corrected chi connectivity index (χ4v) is 2.48. The van der Waals surface area contributed by atoms with Gasteiger partial charge >= 0.3 is 0 Å². The van der Waals surface area contributed by atoms with Gasteiger partial charge in [-0.25, -0.2) is 0 Å². The molecule has 0 radical (unpaired) electrons. The Balaban J connectivity index is 1.73. The quantitative estimate of drug-likeness (QED) is 0.890. The monoisotopic (exact) mass is 303 g/mol. The van der Waals surface area contributed by atoms with Crippen molar-refractivity contribution in [3.63, 3.8) is 0 Å². The number of ether oxygens (including phenoxy) is 2. The largest absolute Gasteiger partial charge is 0.494 e. The Kier molecular flexibility index (Phi) is 4.20. The van der Waals surface area contributed by atoms with Crippen LogP contribution in [0.2, 0.25) is 5.02 Å². The maximum Gasteiger partial charge on any atom is 0.144 e. The molecule has 0 saturated heterocycles. The van der Waals surface area contributed by atoms with E-state index < -0.39 is 0 Å². The molecule has 3 rings (SSSR count). The molecule has 0 saturated carbocycles. The lowest BCUT2D eigenvalue weighted by atomic mass is 10.1. The lowest BCUT2D eigenvalue weighted by Crippen LogP contribution is -2.23. The van der Waals surface area contributed by atoms with E-state index in [0.717, 1.165) is 42.3 Å². The molecule has 3 nitrogen and oxygen atoms in total. The molecule has 1 N–H and O–H groups in total. The topological polar surface area (TPSA) is 30.5 Å². The Morgan fingerprint density at radius 1 is 1.24 bits per heavy atom. The molecule has 0 aliphatic carbocycles. The SMILES string of the molecule is CCCOc1ccc(C2CNc3ccc(Cl)cc3O2)cc1. The van der Waals surface area contributed by atoms with Gasteiger partial charge in [0, 0.05) is 11.1 Å². The summed E-state index contributed by atoms with van der Waals surface area (Å²) >= 11 is 6.02. The molecular weight excluding hydrogens is 286 g/mol. The smallest absolute Gasteiger partial charge is 0.144 e. The van der Waals surface area contributed by atoms with E-state index in [4.69, 9.17) is 21.1 Å². The molecule has 1 unspecified atom stereocenters. The summed E-state index contributed by atoms with van der Waals surface area (Å²) in [6.45, 7) is 3.58. The predicted octanol–water partition coefficient (Wildman–Crippen LogP) is 4.67. The van der Waals surface area contributed by atoms with Crippen LogP contribution >= 0.6 is 11.6 Å². The van der Waals surface area contributed by atoms with Crippen LogP contribution in [0.1, 0.15) is 25.0 Å². The van der Waals surface area contributed by atoms with Crippen molar-refractivity contribution in [2.45, 2.75) is 19.4 Å². The molecule has 21 heavy (non-hydrogen) atoms. The Morgan fingerprint density at radius 3 is 2.81 bits per heavy atom. The van der Waals surface area contributed by atoms with Crippen molar-refractivity contribution in [2.24, 2.45) is 0 Å². The molecule has 1 aliphatic heterocycles. The first-order valence-corrected chi connectivity index (χ1v) is 7.57. The molecule has 2 aromatic carbocycles. The minimum absolute atomic E-state index is 0.0174. The highest BCUT2D eigenvalue weighted by Gasteiger charge is 2.21. The number of benzene rings is 2. The van der Waals surface area contributed by atoms with Crippen LogP contribution in [-0.4, -0.2) is 13.2 Å². The Morgan fingerprint density at radius 2 is 2.05 bits per heavy atom. The molecule has 1 heterocycles. The van der Waals surface area contributed by atoms with Gasteiger partial charge in [-0.1, -0.05) is 30.7 Å². The minimum atomic E-state index is -0.0174. The first-order valence-electron chi connectivity index (χ1n) is 7.19. The summed E-state index contributed by atoms with van der Waals surface area (Å²) in [6, 6.07) is 13.7. The van der Waals surface area contributed by atoms with Crippen LogP contribution in [0, 0.1) is 0 Å². The van der Waals surface area contributed by atoms with Crippen molar-refractivity contribution in [2.75, 3.05) is 18.5 Å². The molecule has 4 heteroatoms. The van der Waals surface area contributed by atoms with Gasteiger partial charge < -0.3 is 14.8 Å². The summed E-state index contributed by atoms with van der Waals surface area (Å²) in [7, 11) is 0. The summed E-state index contributed by atoms with van der Waals surface area (Å²) in [6.07, 6.45) is 0.991. The zero-order valence-electron chi connectivity index (χ0n) is 11.9. The first-order chi connectivity index (χ1) is 10.3. The number of hydrogen-bond donors (Lipinski definition) is 1. The van der Waals surface area contributed by atoms with E-state index in [1.807, 2.05) is 42.5 Å². The molecular formula is C17H18ClNO2. The van der Waals surface area contributed by atoms with Crippen molar-refractivity contribution in [1.82, 2.24) is 0 Å². The fourth-order valence-electron chi connectivity index (χ4n) is 2.32.